The van der Waals surface area contributed by atoms with Crippen LogP contribution in [0.2, 0.25) is 0 Å². The number of nitrogens with zero attached hydrogens (tertiary/aromatic N) is 1. The Balaban J connectivity index is 1.96. The summed E-state index contributed by atoms with van der Waals surface area (Å²) in [5, 5.41) is 0. The van der Waals surface area contributed by atoms with Crippen LogP contribution in [0.25, 0.3) is 0 Å². The number of hydrogen-bond donors (Lipinski definition) is 0. The molecule has 0 aliphatic heterocycles. The predicted molar refractivity (Wildman–Crippen MR) is 72.3 cm³/mol. The highest BCUT2D eigenvalue weighted by atomic mass is 16.5. The first kappa shape index (κ1) is 14.1. The summed E-state index contributed by atoms with van der Waals surface area (Å²) in [4.78, 5) is 25.7. The van der Waals surface area contributed by atoms with Gasteiger partial charge in [0.15, 0.2) is 0 Å². The van der Waals surface area contributed by atoms with E-state index in [1.807, 2.05) is 0 Å². The Bertz CT molecular complexity index is 366. The van der Waals surface area contributed by atoms with Crippen LogP contribution in [-0.2, 0) is 14.3 Å². The number of esters is 1. The van der Waals surface area contributed by atoms with Crippen molar-refractivity contribution >= 4 is 11.9 Å². The normalized spacial score (nSPS) is 28.2. The van der Waals surface area contributed by atoms with Crippen LogP contribution in [0.3, 0.4) is 0 Å². The second-order valence-electron chi connectivity index (χ2n) is 5.59. The fourth-order valence-electron chi connectivity index (χ4n) is 3.53. The Morgan fingerprint density at radius 3 is 2.68 bits per heavy atom. The molecule has 3 atom stereocenters. The van der Waals surface area contributed by atoms with Gasteiger partial charge in [-0.3, -0.25) is 9.59 Å². The summed E-state index contributed by atoms with van der Waals surface area (Å²) in [5.74, 6) is 1.16. The number of carbonyl (C=O) groups is 2. The van der Waals surface area contributed by atoms with E-state index in [1.54, 1.807) is 17.9 Å². The summed E-state index contributed by atoms with van der Waals surface area (Å²) in [6.45, 7) is 6.26. The first-order valence-corrected chi connectivity index (χ1v) is 7.21. The zero-order chi connectivity index (χ0) is 13.8. The standard InChI is InChI=1S/C15H23NO3/c1-3-7-16(10-14(17)19-4-2)15(18)13-9-11-5-6-12(13)8-11/h3,11-13H,1,4-10H2,2H3. The Hall–Kier alpha value is -1.32. The summed E-state index contributed by atoms with van der Waals surface area (Å²) in [7, 11) is 0. The maximum absolute atomic E-state index is 12.5. The van der Waals surface area contributed by atoms with Gasteiger partial charge in [-0.05, 0) is 38.0 Å². The molecule has 2 bridgehead atoms. The molecular formula is C15H23NO3. The average molecular weight is 265 g/mol. The van der Waals surface area contributed by atoms with Gasteiger partial charge in [0, 0.05) is 12.5 Å². The van der Waals surface area contributed by atoms with E-state index in [0.717, 1.165) is 12.3 Å². The third-order valence-corrected chi connectivity index (χ3v) is 4.34. The van der Waals surface area contributed by atoms with Crippen LogP contribution >= 0.6 is 0 Å². The van der Waals surface area contributed by atoms with E-state index in [0.29, 0.717) is 19.1 Å². The van der Waals surface area contributed by atoms with Crippen molar-refractivity contribution in [2.24, 2.45) is 17.8 Å². The Morgan fingerprint density at radius 2 is 2.16 bits per heavy atom. The molecule has 19 heavy (non-hydrogen) atoms. The van der Waals surface area contributed by atoms with Crippen molar-refractivity contribution in [1.82, 2.24) is 4.90 Å². The molecule has 2 saturated carbocycles. The third kappa shape index (κ3) is 3.17. The van der Waals surface area contributed by atoms with Crippen LogP contribution in [0.5, 0.6) is 0 Å². The van der Waals surface area contributed by atoms with Crippen molar-refractivity contribution in [2.45, 2.75) is 32.6 Å². The largest absolute Gasteiger partial charge is 0.465 e. The molecule has 0 aromatic carbocycles. The molecule has 4 nitrogen and oxygen atoms in total. The van der Waals surface area contributed by atoms with Gasteiger partial charge in [0.1, 0.15) is 6.54 Å². The second kappa shape index (κ2) is 6.22. The maximum atomic E-state index is 12.5. The molecule has 0 N–H and O–H groups in total. The maximum Gasteiger partial charge on any atom is 0.325 e. The SMILES string of the molecule is C=CCN(CC(=O)OCC)C(=O)C1CC2CCC1C2. The molecule has 3 unspecified atom stereocenters. The lowest BCUT2D eigenvalue weighted by Gasteiger charge is -2.28. The Morgan fingerprint density at radius 1 is 1.37 bits per heavy atom. The summed E-state index contributed by atoms with van der Waals surface area (Å²) in [6.07, 6.45) is 6.30. The van der Waals surface area contributed by atoms with Gasteiger partial charge in [-0.2, -0.15) is 0 Å². The summed E-state index contributed by atoms with van der Waals surface area (Å²) >= 11 is 0. The lowest BCUT2D eigenvalue weighted by Crippen LogP contribution is -2.41. The number of amides is 1. The Labute approximate surface area is 114 Å². The molecule has 106 valence electrons. The molecule has 2 rings (SSSR count). The third-order valence-electron chi connectivity index (χ3n) is 4.34. The molecule has 0 saturated heterocycles. The van der Waals surface area contributed by atoms with Crippen molar-refractivity contribution in [2.75, 3.05) is 19.7 Å². The van der Waals surface area contributed by atoms with Gasteiger partial charge in [-0.25, -0.2) is 0 Å². The number of rotatable bonds is 6. The monoisotopic (exact) mass is 265 g/mol. The minimum absolute atomic E-state index is 0.0482. The summed E-state index contributed by atoms with van der Waals surface area (Å²) in [6, 6.07) is 0. The van der Waals surface area contributed by atoms with Crippen molar-refractivity contribution in [3.63, 3.8) is 0 Å². The van der Waals surface area contributed by atoms with Crippen molar-refractivity contribution in [1.29, 1.82) is 0 Å². The van der Waals surface area contributed by atoms with Crippen LogP contribution in [0.15, 0.2) is 12.7 Å². The van der Waals surface area contributed by atoms with E-state index in [9.17, 15) is 9.59 Å². The van der Waals surface area contributed by atoms with Gasteiger partial charge < -0.3 is 9.64 Å². The molecule has 2 aliphatic carbocycles. The van der Waals surface area contributed by atoms with E-state index in [4.69, 9.17) is 4.74 Å². The Kier molecular flexibility index (Phi) is 4.61. The molecule has 0 heterocycles. The second-order valence-corrected chi connectivity index (χ2v) is 5.59. The highest BCUT2D eigenvalue weighted by molar-refractivity contribution is 5.84. The number of fused-ring (bicyclic) bond motifs is 2. The molecule has 0 radical (unpaired) electrons. The first-order valence-electron chi connectivity index (χ1n) is 7.21. The van der Waals surface area contributed by atoms with E-state index >= 15 is 0 Å². The smallest absolute Gasteiger partial charge is 0.325 e. The minimum atomic E-state index is -0.333. The van der Waals surface area contributed by atoms with Crippen LogP contribution < -0.4 is 0 Å². The molecule has 4 heteroatoms. The molecule has 2 aliphatic rings. The minimum Gasteiger partial charge on any atom is -0.465 e. The lowest BCUT2D eigenvalue weighted by molar-refractivity contribution is -0.150. The topological polar surface area (TPSA) is 46.6 Å². The lowest BCUT2D eigenvalue weighted by atomic mass is 9.87. The van der Waals surface area contributed by atoms with Crippen LogP contribution in [-0.4, -0.2) is 36.5 Å². The van der Waals surface area contributed by atoms with Gasteiger partial charge in [0.05, 0.1) is 6.61 Å². The van der Waals surface area contributed by atoms with Gasteiger partial charge in [-0.1, -0.05) is 12.5 Å². The zero-order valence-electron chi connectivity index (χ0n) is 11.6. The van der Waals surface area contributed by atoms with Gasteiger partial charge in [-0.15, -0.1) is 6.58 Å². The van der Waals surface area contributed by atoms with E-state index in [1.165, 1.54) is 19.3 Å². The quantitative estimate of drug-likeness (QED) is 0.545. The van der Waals surface area contributed by atoms with E-state index in [2.05, 4.69) is 6.58 Å². The highest BCUT2D eigenvalue weighted by Crippen LogP contribution is 2.48. The van der Waals surface area contributed by atoms with E-state index < -0.39 is 0 Å². The molecule has 0 aromatic rings. The number of carbonyl (C=O) groups excluding carboxylic acids is 2. The van der Waals surface area contributed by atoms with E-state index in [-0.39, 0.29) is 24.3 Å². The van der Waals surface area contributed by atoms with Gasteiger partial charge in [0.2, 0.25) is 5.91 Å². The average Bonchev–Trinajstić information content (AvgIpc) is 3.00. The highest BCUT2D eigenvalue weighted by Gasteiger charge is 2.44. The molecule has 1 amide bonds. The first-order chi connectivity index (χ1) is 9.15. The number of hydrogen-bond acceptors (Lipinski definition) is 3. The van der Waals surface area contributed by atoms with Crippen molar-refractivity contribution < 1.29 is 14.3 Å². The number of ether oxygens (including phenoxy) is 1. The molecule has 0 spiro atoms. The zero-order valence-corrected chi connectivity index (χ0v) is 11.6. The molecular weight excluding hydrogens is 242 g/mol. The fourth-order valence-corrected chi connectivity index (χ4v) is 3.53. The van der Waals surface area contributed by atoms with Crippen LogP contribution in [0.1, 0.15) is 32.6 Å². The molecule has 0 aromatic heterocycles. The summed E-state index contributed by atoms with van der Waals surface area (Å²) in [5.41, 5.74) is 0. The predicted octanol–water partition coefficient (Wildman–Crippen LogP) is 2.00. The van der Waals surface area contributed by atoms with Gasteiger partial charge >= 0.3 is 5.97 Å². The van der Waals surface area contributed by atoms with Crippen LogP contribution in [0, 0.1) is 17.8 Å². The van der Waals surface area contributed by atoms with Gasteiger partial charge in [0.25, 0.3) is 0 Å². The van der Waals surface area contributed by atoms with Crippen molar-refractivity contribution in [3.8, 4) is 0 Å². The van der Waals surface area contributed by atoms with Crippen LogP contribution in [0.4, 0.5) is 0 Å². The summed E-state index contributed by atoms with van der Waals surface area (Å²) < 4.78 is 4.93. The molecule has 2 fully saturated rings. The van der Waals surface area contributed by atoms with Crippen molar-refractivity contribution in [3.05, 3.63) is 12.7 Å². The fraction of sp³-hybridized carbons (Fsp3) is 0.733.